The van der Waals surface area contributed by atoms with E-state index in [9.17, 15) is 9.59 Å². The summed E-state index contributed by atoms with van der Waals surface area (Å²) < 4.78 is 5.74. The number of amides is 1. The number of carbonyl (C=O) groups excluding carboxylic acids is 2. The Kier molecular flexibility index (Phi) is 4.74. The number of aromatic nitrogens is 1. The molecule has 0 saturated heterocycles. The number of pyridine rings is 1. The molecule has 5 rings (SSSR count). The summed E-state index contributed by atoms with van der Waals surface area (Å²) in [5, 5.41) is 0.800. The first-order valence-electron chi connectivity index (χ1n) is 10.6. The van der Waals surface area contributed by atoms with Crippen molar-refractivity contribution in [1.29, 1.82) is 0 Å². The highest BCUT2D eigenvalue weighted by molar-refractivity contribution is 6.07. The monoisotopic (exact) mass is 400 g/mol. The van der Waals surface area contributed by atoms with E-state index in [1.807, 2.05) is 48.5 Å². The molecule has 1 atom stereocenters. The maximum atomic E-state index is 13.3. The first-order valence-corrected chi connectivity index (χ1v) is 10.6. The molecule has 5 heteroatoms. The van der Waals surface area contributed by atoms with Crippen LogP contribution in [-0.4, -0.2) is 29.5 Å². The van der Waals surface area contributed by atoms with Gasteiger partial charge in [-0.05, 0) is 62.3 Å². The maximum absolute atomic E-state index is 13.3. The second kappa shape index (κ2) is 7.56. The number of hydrogen-bond donors (Lipinski definition) is 0. The molecule has 0 radical (unpaired) electrons. The number of nitrogens with zero attached hydrogens (tertiary/aromatic N) is 2. The van der Waals surface area contributed by atoms with Crippen LogP contribution in [0.15, 0.2) is 48.5 Å². The molecule has 5 nitrogen and oxygen atoms in total. The SMILES string of the molecule is C[C@@H](OC(=O)c1c2c(nc3ccccc13)CCCC2)C(=O)N1CCc2ccccc21. The smallest absolute Gasteiger partial charge is 0.339 e. The standard InChI is InChI=1S/C25H24N2O3/c1-16(24(28)27-15-14-17-8-2-7-13-22(17)27)30-25(29)23-18-9-3-5-11-20(18)26-21-12-6-4-10-19(21)23/h2-3,5,7-9,11,13,16H,4,6,10,12,14-15H2,1H3/t16-/m1/s1. The lowest BCUT2D eigenvalue weighted by molar-refractivity contribution is -0.126. The third kappa shape index (κ3) is 3.15. The first kappa shape index (κ1) is 18.8. The van der Waals surface area contributed by atoms with Crippen LogP contribution in [0.2, 0.25) is 0 Å². The Hall–Kier alpha value is -3.21. The van der Waals surface area contributed by atoms with Gasteiger partial charge in [0.25, 0.3) is 5.91 Å². The number of benzene rings is 2. The topological polar surface area (TPSA) is 59.5 Å². The van der Waals surface area contributed by atoms with E-state index < -0.39 is 12.1 Å². The van der Waals surface area contributed by atoms with Crippen molar-refractivity contribution >= 4 is 28.5 Å². The van der Waals surface area contributed by atoms with Crippen molar-refractivity contribution in [3.63, 3.8) is 0 Å². The third-order valence-electron chi connectivity index (χ3n) is 6.16. The van der Waals surface area contributed by atoms with Crippen LogP contribution in [0.5, 0.6) is 0 Å². The van der Waals surface area contributed by atoms with Crippen LogP contribution < -0.4 is 4.90 Å². The number of ether oxygens (including phenoxy) is 1. The van der Waals surface area contributed by atoms with Crippen molar-refractivity contribution in [2.24, 2.45) is 0 Å². The molecule has 30 heavy (non-hydrogen) atoms. The van der Waals surface area contributed by atoms with Crippen LogP contribution >= 0.6 is 0 Å². The summed E-state index contributed by atoms with van der Waals surface area (Å²) >= 11 is 0. The lowest BCUT2D eigenvalue weighted by Crippen LogP contribution is -2.39. The molecule has 0 bridgehead atoms. The molecule has 0 fully saturated rings. The second-order valence-electron chi connectivity index (χ2n) is 8.05. The summed E-state index contributed by atoms with van der Waals surface area (Å²) in [5.41, 5.74) is 5.42. The van der Waals surface area contributed by atoms with Gasteiger partial charge in [0.2, 0.25) is 0 Å². The van der Waals surface area contributed by atoms with Gasteiger partial charge in [-0.1, -0.05) is 36.4 Å². The Labute approximate surface area is 175 Å². The number of hydrogen-bond acceptors (Lipinski definition) is 4. The minimum Gasteiger partial charge on any atom is -0.449 e. The molecule has 0 N–H and O–H groups in total. The lowest BCUT2D eigenvalue weighted by Gasteiger charge is -2.23. The minimum atomic E-state index is -0.852. The Morgan fingerprint density at radius 3 is 2.67 bits per heavy atom. The Balaban J connectivity index is 1.44. The molecule has 2 aromatic carbocycles. The largest absolute Gasteiger partial charge is 0.449 e. The van der Waals surface area contributed by atoms with Crippen LogP contribution in [0.4, 0.5) is 5.69 Å². The molecular formula is C25H24N2O3. The molecule has 0 saturated carbocycles. The molecule has 2 heterocycles. The molecule has 0 spiro atoms. The highest BCUT2D eigenvalue weighted by atomic mass is 16.5. The van der Waals surface area contributed by atoms with Gasteiger partial charge in [0.1, 0.15) is 0 Å². The van der Waals surface area contributed by atoms with Gasteiger partial charge >= 0.3 is 5.97 Å². The van der Waals surface area contributed by atoms with Crippen LogP contribution in [0.25, 0.3) is 10.9 Å². The van der Waals surface area contributed by atoms with Gasteiger partial charge in [-0.25, -0.2) is 4.79 Å². The fourth-order valence-electron chi connectivity index (χ4n) is 4.66. The van der Waals surface area contributed by atoms with Crippen molar-refractivity contribution in [3.8, 4) is 0 Å². The average Bonchev–Trinajstić information content (AvgIpc) is 3.20. The van der Waals surface area contributed by atoms with Gasteiger partial charge in [0.15, 0.2) is 6.10 Å². The number of fused-ring (bicyclic) bond motifs is 3. The van der Waals surface area contributed by atoms with Gasteiger partial charge in [0, 0.05) is 23.3 Å². The van der Waals surface area contributed by atoms with E-state index in [1.54, 1.807) is 11.8 Å². The van der Waals surface area contributed by atoms with E-state index in [2.05, 4.69) is 0 Å². The van der Waals surface area contributed by atoms with Crippen molar-refractivity contribution in [1.82, 2.24) is 4.98 Å². The molecule has 0 unspecified atom stereocenters. The summed E-state index contributed by atoms with van der Waals surface area (Å²) in [6.45, 7) is 2.28. The minimum absolute atomic E-state index is 0.180. The molecule has 2 aliphatic rings. The maximum Gasteiger partial charge on any atom is 0.339 e. The summed E-state index contributed by atoms with van der Waals surface area (Å²) in [6, 6.07) is 15.6. The second-order valence-corrected chi connectivity index (χ2v) is 8.05. The van der Waals surface area contributed by atoms with Crippen LogP contribution in [0.1, 0.15) is 46.9 Å². The van der Waals surface area contributed by atoms with E-state index in [1.165, 1.54) is 0 Å². The predicted octanol–water partition coefficient (Wildman–Crippen LogP) is 4.25. The number of esters is 1. The molecule has 1 aromatic heterocycles. The molecule has 152 valence electrons. The number of para-hydroxylation sites is 2. The zero-order valence-electron chi connectivity index (χ0n) is 17.1. The Bertz CT molecular complexity index is 1150. The normalized spacial score (nSPS) is 16.1. The third-order valence-corrected chi connectivity index (χ3v) is 6.16. The zero-order chi connectivity index (χ0) is 20.7. The lowest BCUT2D eigenvalue weighted by atomic mass is 9.90. The predicted molar refractivity (Wildman–Crippen MR) is 116 cm³/mol. The van der Waals surface area contributed by atoms with Crippen molar-refractivity contribution in [3.05, 3.63) is 70.9 Å². The molecule has 1 aliphatic heterocycles. The molecule has 1 aliphatic carbocycles. The van der Waals surface area contributed by atoms with Crippen molar-refractivity contribution < 1.29 is 14.3 Å². The van der Waals surface area contributed by atoms with Crippen molar-refractivity contribution in [2.75, 3.05) is 11.4 Å². The highest BCUT2D eigenvalue weighted by Gasteiger charge is 2.31. The van der Waals surface area contributed by atoms with Crippen LogP contribution in [0, 0.1) is 0 Å². The molecule has 1 amide bonds. The van der Waals surface area contributed by atoms with Gasteiger partial charge in [0.05, 0.1) is 11.1 Å². The van der Waals surface area contributed by atoms with Gasteiger partial charge in [-0.2, -0.15) is 0 Å². The van der Waals surface area contributed by atoms with Gasteiger partial charge < -0.3 is 9.64 Å². The first-order chi connectivity index (χ1) is 14.6. The van der Waals surface area contributed by atoms with Crippen LogP contribution in [-0.2, 0) is 28.8 Å². The van der Waals surface area contributed by atoms with E-state index in [0.29, 0.717) is 12.1 Å². The van der Waals surface area contributed by atoms with E-state index in [4.69, 9.17) is 9.72 Å². The summed E-state index contributed by atoms with van der Waals surface area (Å²) in [6.07, 6.45) is 3.78. The summed E-state index contributed by atoms with van der Waals surface area (Å²) in [4.78, 5) is 32.9. The fraction of sp³-hybridized carbons (Fsp3) is 0.320. The van der Waals surface area contributed by atoms with Crippen LogP contribution in [0.3, 0.4) is 0 Å². The number of rotatable bonds is 3. The van der Waals surface area contributed by atoms with Gasteiger partial charge in [-0.3, -0.25) is 9.78 Å². The summed E-state index contributed by atoms with van der Waals surface area (Å²) in [5.74, 6) is -0.611. The Morgan fingerprint density at radius 1 is 1.00 bits per heavy atom. The zero-order valence-corrected chi connectivity index (χ0v) is 17.1. The summed E-state index contributed by atoms with van der Waals surface area (Å²) in [7, 11) is 0. The average molecular weight is 400 g/mol. The van der Waals surface area contributed by atoms with E-state index in [-0.39, 0.29) is 5.91 Å². The molecule has 3 aromatic rings. The molecular weight excluding hydrogens is 376 g/mol. The van der Waals surface area contributed by atoms with Crippen molar-refractivity contribution in [2.45, 2.75) is 45.1 Å². The number of aryl methyl sites for hydroxylation is 1. The van der Waals surface area contributed by atoms with E-state index in [0.717, 1.165) is 65.5 Å². The fourth-order valence-corrected chi connectivity index (χ4v) is 4.66. The number of anilines is 1. The Morgan fingerprint density at radius 2 is 1.77 bits per heavy atom. The highest BCUT2D eigenvalue weighted by Crippen LogP contribution is 2.31. The quantitative estimate of drug-likeness (QED) is 0.617. The number of carbonyl (C=O) groups is 2. The van der Waals surface area contributed by atoms with Gasteiger partial charge in [-0.15, -0.1) is 0 Å². The van der Waals surface area contributed by atoms with E-state index >= 15 is 0 Å².